The normalized spacial score (nSPS) is 12.6. The van der Waals surface area contributed by atoms with Crippen LogP contribution in [0.4, 0.5) is 26.3 Å². The fourth-order valence-corrected chi connectivity index (χ4v) is 4.74. The summed E-state index contributed by atoms with van der Waals surface area (Å²) in [4.78, 5) is 47.1. The number of halogens is 9. The van der Waals surface area contributed by atoms with Crippen molar-refractivity contribution in [3.63, 3.8) is 0 Å². The summed E-state index contributed by atoms with van der Waals surface area (Å²) in [6.45, 7) is 7.86. The Morgan fingerprint density at radius 2 is 1.33 bits per heavy atom. The van der Waals surface area contributed by atoms with Crippen molar-refractivity contribution >= 4 is 59.7 Å². The lowest BCUT2D eigenvalue weighted by atomic mass is 10.1. The molecular weight excluding hydrogens is 790 g/mol. The lowest BCUT2D eigenvalue weighted by Gasteiger charge is -2.19. The van der Waals surface area contributed by atoms with E-state index in [1.165, 1.54) is 0 Å². The first-order valence-electron chi connectivity index (χ1n) is 12.8. The van der Waals surface area contributed by atoms with Crippen LogP contribution in [0.15, 0.2) is 43.1 Å². The molecule has 17 heteroatoms. The average molecular weight is 821 g/mol. The van der Waals surface area contributed by atoms with Crippen LogP contribution in [-0.4, -0.2) is 39.5 Å². The molecule has 0 saturated carbocycles. The maximum atomic E-state index is 12.7. The van der Waals surface area contributed by atoms with Crippen LogP contribution in [0.2, 0.25) is 0 Å². The zero-order chi connectivity index (χ0) is 33.5. The van der Waals surface area contributed by atoms with Gasteiger partial charge < -0.3 is 19.0 Å². The van der Waals surface area contributed by atoms with E-state index in [2.05, 4.69) is 52.8 Å². The molecule has 0 aliphatic rings. The highest BCUT2D eigenvalue weighted by atomic mass is 79.9. The van der Waals surface area contributed by atoms with Crippen LogP contribution in [0.1, 0.15) is 70.5 Å². The fourth-order valence-electron chi connectivity index (χ4n) is 3.14. The van der Waals surface area contributed by atoms with Crippen LogP contribution in [0.5, 0.6) is 0 Å². The number of H-pyrrole nitrogens is 1. The lowest BCUT2D eigenvalue weighted by Crippen LogP contribution is -2.31. The van der Waals surface area contributed by atoms with Gasteiger partial charge in [-0.15, -0.1) is 0 Å². The van der Waals surface area contributed by atoms with E-state index in [4.69, 9.17) is 9.47 Å². The molecule has 2 heterocycles. The smallest absolute Gasteiger partial charge is 0.417 e. The molecule has 0 aromatic carbocycles. The van der Waals surface area contributed by atoms with Crippen molar-refractivity contribution in [3.8, 4) is 0 Å². The van der Waals surface area contributed by atoms with Crippen LogP contribution in [0.3, 0.4) is 0 Å². The molecular formula is C26H31Br3F6N2O6. The summed E-state index contributed by atoms with van der Waals surface area (Å²) >= 11 is 8.70. The van der Waals surface area contributed by atoms with E-state index in [0.29, 0.717) is 31.6 Å². The predicted octanol–water partition coefficient (Wildman–Crippen LogP) is 7.80. The van der Waals surface area contributed by atoms with Gasteiger partial charge in [0, 0.05) is 33.5 Å². The number of aromatic amines is 1. The minimum atomic E-state index is -4.64. The summed E-state index contributed by atoms with van der Waals surface area (Å²) in [7, 11) is 0. The summed E-state index contributed by atoms with van der Waals surface area (Å²) in [5.74, 6) is -0.780. The number of carbonyl (C=O) groups is 2. The quantitative estimate of drug-likeness (QED) is 0.157. The minimum Gasteiger partial charge on any atom is -0.465 e. The first kappa shape index (κ1) is 40.9. The third kappa shape index (κ3) is 14.5. The number of alkyl halides is 7. The highest BCUT2D eigenvalue weighted by molar-refractivity contribution is 9.11. The molecule has 0 aliphatic heterocycles. The standard InChI is InChI=1S/C13H15BrF3NO3.C7H13BrO2.C6H3BrF3NO/c1-3-5-10(12(20)21-4-2)18-7-9(14)8(6-11(18)19)13(15,16)17;1-3-5-6(8)7(9)10-4-2;7-4-2-11-5(12)1-3(4)6(8,9)10/h6-7,10H,3-5H2,1-2H3;6H,3-5H2,1-2H3;1-2H,(H,11,12). The summed E-state index contributed by atoms with van der Waals surface area (Å²) < 4.78 is 84.4. The van der Waals surface area contributed by atoms with Gasteiger partial charge in [-0.05, 0) is 58.5 Å². The third-order valence-electron chi connectivity index (χ3n) is 5.06. The van der Waals surface area contributed by atoms with Gasteiger partial charge in [0.05, 0.1) is 24.3 Å². The average Bonchev–Trinajstić information content (AvgIpc) is 2.90. The molecule has 0 amide bonds. The van der Waals surface area contributed by atoms with Crippen LogP contribution in [0.25, 0.3) is 0 Å². The molecule has 2 aromatic heterocycles. The molecule has 0 bridgehead atoms. The number of hydrogen-bond donors (Lipinski definition) is 1. The van der Waals surface area contributed by atoms with Crippen molar-refractivity contribution in [1.82, 2.24) is 9.55 Å². The van der Waals surface area contributed by atoms with Gasteiger partial charge in [0.15, 0.2) is 0 Å². The van der Waals surface area contributed by atoms with Crippen LogP contribution in [-0.2, 0) is 31.4 Å². The Morgan fingerprint density at radius 1 is 0.837 bits per heavy atom. The second-order valence-electron chi connectivity index (χ2n) is 8.40. The zero-order valence-corrected chi connectivity index (χ0v) is 28.3. The van der Waals surface area contributed by atoms with Crippen molar-refractivity contribution < 1.29 is 45.4 Å². The molecule has 0 aliphatic carbocycles. The van der Waals surface area contributed by atoms with Gasteiger partial charge >= 0.3 is 24.3 Å². The molecule has 244 valence electrons. The van der Waals surface area contributed by atoms with Crippen LogP contribution in [0, 0.1) is 0 Å². The molecule has 43 heavy (non-hydrogen) atoms. The summed E-state index contributed by atoms with van der Waals surface area (Å²) in [6.07, 6.45) is -4.46. The van der Waals surface area contributed by atoms with E-state index in [9.17, 15) is 45.5 Å². The number of nitrogens with one attached hydrogen (secondary N) is 1. The Balaban J connectivity index is 0.000000678. The van der Waals surface area contributed by atoms with E-state index in [0.717, 1.165) is 29.8 Å². The van der Waals surface area contributed by atoms with Gasteiger partial charge in [0.2, 0.25) is 5.56 Å². The maximum absolute atomic E-state index is 12.7. The van der Waals surface area contributed by atoms with Crippen molar-refractivity contribution in [3.05, 3.63) is 65.3 Å². The number of carbonyl (C=O) groups excluding carboxylic acids is 2. The predicted molar refractivity (Wildman–Crippen MR) is 158 cm³/mol. The molecule has 0 fully saturated rings. The highest BCUT2D eigenvalue weighted by Gasteiger charge is 2.35. The Labute approximate surface area is 268 Å². The van der Waals surface area contributed by atoms with Crippen molar-refractivity contribution in [1.29, 1.82) is 0 Å². The minimum absolute atomic E-state index is 0.113. The van der Waals surface area contributed by atoms with E-state index in [1.54, 1.807) is 13.8 Å². The van der Waals surface area contributed by atoms with Gasteiger partial charge in [-0.2, -0.15) is 26.3 Å². The first-order valence-corrected chi connectivity index (χ1v) is 15.3. The number of rotatable bonds is 9. The van der Waals surface area contributed by atoms with E-state index >= 15 is 0 Å². The number of hydrogen-bond acceptors (Lipinski definition) is 6. The Morgan fingerprint density at radius 3 is 1.77 bits per heavy atom. The van der Waals surface area contributed by atoms with E-state index in [-0.39, 0.29) is 26.3 Å². The molecule has 0 radical (unpaired) electrons. The van der Waals surface area contributed by atoms with E-state index in [1.807, 2.05) is 13.8 Å². The van der Waals surface area contributed by atoms with Crippen molar-refractivity contribution in [2.45, 2.75) is 76.6 Å². The van der Waals surface area contributed by atoms with E-state index < -0.39 is 46.6 Å². The molecule has 0 saturated heterocycles. The molecule has 2 atom stereocenters. The molecule has 0 spiro atoms. The molecule has 2 rings (SSSR count). The zero-order valence-electron chi connectivity index (χ0n) is 23.5. The van der Waals surface area contributed by atoms with Gasteiger partial charge in [-0.1, -0.05) is 42.6 Å². The van der Waals surface area contributed by atoms with Crippen LogP contribution < -0.4 is 11.1 Å². The summed E-state index contributed by atoms with van der Waals surface area (Å²) in [5.41, 5.74) is -3.70. The number of aromatic nitrogens is 2. The highest BCUT2D eigenvalue weighted by Crippen LogP contribution is 2.34. The Bertz CT molecular complexity index is 1300. The third-order valence-corrected chi connectivity index (χ3v) is 7.18. The summed E-state index contributed by atoms with van der Waals surface area (Å²) in [5, 5.41) is 0. The number of pyridine rings is 2. The number of esters is 2. The fraction of sp³-hybridized carbons (Fsp3) is 0.538. The molecule has 2 aromatic rings. The van der Waals surface area contributed by atoms with Crippen molar-refractivity contribution in [2.75, 3.05) is 13.2 Å². The monoisotopic (exact) mass is 818 g/mol. The Kier molecular flexibility index (Phi) is 18.3. The topological polar surface area (TPSA) is 107 Å². The lowest BCUT2D eigenvalue weighted by molar-refractivity contribution is -0.147. The second kappa shape index (κ2) is 19.3. The first-order chi connectivity index (χ1) is 19.8. The summed E-state index contributed by atoms with van der Waals surface area (Å²) in [6, 6.07) is 0.0526. The van der Waals surface area contributed by atoms with Gasteiger partial charge in [0.1, 0.15) is 10.9 Å². The van der Waals surface area contributed by atoms with Gasteiger partial charge in [0.25, 0.3) is 5.56 Å². The molecule has 2 unspecified atom stereocenters. The van der Waals surface area contributed by atoms with Gasteiger partial charge in [-0.25, -0.2) is 4.79 Å². The number of nitrogens with zero attached hydrogens (tertiary/aromatic N) is 1. The second-order valence-corrected chi connectivity index (χ2v) is 11.2. The Hall–Kier alpha value is -2.14. The molecule has 1 N–H and O–H groups in total. The van der Waals surface area contributed by atoms with Crippen molar-refractivity contribution in [2.24, 2.45) is 0 Å². The maximum Gasteiger partial charge on any atom is 0.417 e. The SMILES string of the molecule is CCCC(Br)C(=O)OCC.CCCC(C(=O)OCC)n1cc(Br)c(C(F)(F)F)cc1=O.O=c1cc(C(F)(F)F)c(Br)c[nH]1. The number of ether oxygens (including phenoxy) is 2. The van der Waals surface area contributed by atoms with Crippen LogP contribution >= 0.6 is 47.8 Å². The van der Waals surface area contributed by atoms with Gasteiger partial charge in [-0.3, -0.25) is 14.4 Å². The molecule has 8 nitrogen and oxygen atoms in total. The largest absolute Gasteiger partial charge is 0.465 e.